The van der Waals surface area contributed by atoms with Crippen molar-refractivity contribution in [2.24, 2.45) is 0 Å². The Morgan fingerprint density at radius 3 is 2.48 bits per heavy atom. The van der Waals surface area contributed by atoms with E-state index in [1.165, 1.54) is 0 Å². The molecule has 0 saturated carbocycles. The summed E-state index contributed by atoms with van der Waals surface area (Å²) in [5, 5.41) is 10.5. The Bertz CT molecular complexity index is 937. The largest absolute Gasteiger partial charge is 0.399 e. The monoisotopic (exact) mass is 380 g/mol. The van der Waals surface area contributed by atoms with E-state index in [4.69, 9.17) is 5.73 Å². The van der Waals surface area contributed by atoms with Gasteiger partial charge in [-0.2, -0.15) is 0 Å². The second kappa shape index (κ2) is 8.37. The summed E-state index contributed by atoms with van der Waals surface area (Å²) in [6.45, 7) is 0.111. The third-order valence-corrected chi connectivity index (χ3v) is 4.88. The number of carbonyl (C=O) groups is 2. The first-order valence-electron chi connectivity index (χ1n) is 8.36. The van der Waals surface area contributed by atoms with E-state index in [1.54, 1.807) is 42.6 Å². The van der Waals surface area contributed by atoms with Crippen molar-refractivity contribution in [3.8, 4) is 10.4 Å². The SMILES string of the molecule is CNC(=O)CNc1ccc(-c2cccs2)cc1NC(=O)c1ccc(N)cc1. The molecular weight excluding hydrogens is 360 g/mol. The first-order chi connectivity index (χ1) is 13.1. The minimum atomic E-state index is -0.249. The summed E-state index contributed by atoms with van der Waals surface area (Å²) < 4.78 is 0. The molecular formula is C20H20N4O2S. The lowest BCUT2D eigenvalue weighted by atomic mass is 10.1. The molecule has 0 bridgehead atoms. The van der Waals surface area contributed by atoms with Gasteiger partial charge in [0.2, 0.25) is 5.91 Å². The second-order valence-electron chi connectivity index (χ2n) is 5.84. The maximum absolute atomic E-state index is 12.6. The lowest BCUT2D eigenvalue weighted by molar-refractivity contribution is -0.118. The van der Waals surface area contributed by atoms with Crippen LogP contribution in [0.25, 0.3) is 10.4 Å². The number of hydrogen-bond donors (Lipinski definition) is 4. The van der Waals surface area contributed by atoms with E-state index in [0.29, 0.717) is 22.6 Å². The van der Waals surface area contributed by atoms with Crippen molar-refractivity contribution in [3.05, 3.63) is 65.5 Å². The number of thiophene rings is 1. The second-order valence-corrected chi connectivity index (χ2v) is 6.79. The van der Waals surface area contributed by atoms with Gasteiger partial charge in [-0.25, -0.2) is 0 Å². The zero-order valence-electron chi connectivity index (χ0n) is 14.8. The molecule has 1 heterocycles. The first kappa shape index (κ1) is 18.5. The molecule has 0 atom stereocenters. The molecule has 3 aromatic rings. The molecule has 27 heavy (non-hydrogen) atoms. The van der Waals surface area contributed by atoms with Crippen LogP contribution in [0, 0.1) is 0 Å². The van der Waals surface area contributed by atoms with Crippen LogP contribution in [0.1, 0.15) is 10.4 Å². The Morgan fingerprint density at radius 2 is 1.81 bits per heavy atom. The predicted octanol–water partition coefficient (Wildman–Crippen LogP) is 3.41. The Morgan fingerprint density at radius 1 is 1.04 bits per heavy atom. The van der Waals surface area contributed by atoms with Crippen molar-refractivity contribution in [3.63, 3.8) is 0 Å². The van der Waals surface area contributed by atoms with Crippen LogP contribution in [0.4, 0.5) is 17.1 Å². The Kier molecular flexibility index (Phi) is 5.73. The van der Waals surface area contributed by atoms with Gasteiger partial charge in [0.05, 0.1) is 17.9 Å². The molecule has 0 aliphatic carbocycles. The number of nitrogen functional groups attached to an aromatic ring is 1. The number of carbonyl (C=O) groups excluding carboxylic acids is 2. The van der Waals surface area contributed by atoms with Crippen molar-refractivity contribution in [1.29, 1.82) is 0 Å². The van der Waals surface area contributed by atoms with Gasteiger partial charge in [-0.3, -0.25) is 9.59 Å². The minimum Gasteiger partial charge on any atom is -0.399 e. The molecule has 0 aliphatic rings. The molecule has 5 N–H and O–H groups in total. The van der Waals surface area contributed by atoms with Gasteiger partial charge in [0.25, 0.3) is 5.91 Å². The van der Waals surface area contributed by atoms with Crippen LogP contribution >= 0.6 is 11.3 Å². The third-order valence-electron chi connectivity index (χ3n) is 3.96. The predicted molar refractivity (Wildman–Crippen MR) is 111 cm³/mol. The molecule has 7 heteroatoms. The van der Waals surface area contributed by atoms with E-state index in [0.717, 1.165) is 10.4 Å². The van der Waals surface area contributed by atoms with Crippen molar-refractivity contribution in [2.45, 2.75) is 0 Å². The van der Waals surface area contributed by atoms with Crippen LogP contribution in [0.15, 0.2) is 60.0 Å². The summed E-state index contributed by atoms with van der Waals surface area (Å²) in [5.74, 6) is -0.394. The van der Waals surface area contributed by atoms with Gasteiger partial charge in [0.15, 0.2) is 0 Å². The Balaban J connectivity index is 1.88. The maximum Gasteiger partial charge on any atom is 0.255 e. The topological polar surface area (TPSA) is 96.2 Å². The quantitative estimate of drug-likeness (QED) is 0.493. The van der Waals surface area contributed by atoms with E-state index in [-0.39, 0.29) is 18.4 Å². The smallest absolute Gasteiger partial charge is 0.255 e. The molecule has 3 rings (SSSR count). The van der Waals surface area contributed by atoms with Crippen molar-refractivity contribution in [1.82, 2.24) is 5.32 Å². The molecule has 0 aliphatic heterocycles. The van der Waals surface area contributed by atoms with Crippen LogP contribution in [0.5, 0.6) is 0 Å². The highest BCUT2D eigenvalue weighted by molar-refractivity contribution is 7.13. The summed E-state index contributed by atoms with van der Waals surface area (Å²) in [7, 11) is 1.58. The Hall–Kier alpha value is -3.32. The normalized spacial score (nSPS) is 10.3. The number of likely N-dealkylation sites (N-methyl/N-ethyl adjacent to an activating group) is 1. The molecule has 0 spiro atoms. The molecule has 138 valence electrons. The molecule has 1 aromatic heterocycles. The van der Waals surface area contributed by atoms with Gasteiger partial charge in [-0.05, 0) is 53.4 Å². The van der Waals surface area contributed by atoms with E-state index < -0.39 is 0 Å². The molecule has 2 amide bonds. The van der Waals surface area contributed by atoms with Crippen LogP contribution in [-0.2, 0) is 4.79 Å². The maximum atomic E-state index is 12.6. The number of benzene rings is 2. The number of anilines is 3. The summed E-state index contributed by atoms with van der Waals surface area (Å²) in [5.41, 5.74) is 9.04. The summed E-state index contributed by atoms with van der Waals surface area (Å²) in [4.78, 5) is 25.3. The standard InChI is InChI=1S/C20H20N4O2S/c1-22-19(25)12-23-16-9-6-14(18-3-2-10-27-18)11-17(16)24-20(26)13-4-7-15(21)8-5-13/h2-11,23H,12,21H2,1H3,(H,22,25)(H,24,26). The molecule has 0 saturated heterocycles. The van der Waals surface area contributed by atoms with E-state index >= 15 is 0 Å². The zero-order chi connectivity index (χ0) is 19.2. The van der Waals surface area contributed by atoms with Gasteiger partial charge < -0.3 is 21.7 Å². The number of rotatable bonds is 6. The fourth-order valence-corrected chi connectivity index (χ4v) is 3.21. The summed E-state index contributed by atoms with van der Waals surface area (Å²) >= 11 is 1.62. The molecule has 2 aromatic carbocycles. The summed E-state index contributed by atoms with van der Waals surface area (Å²) in [6, 6.07) is 16.4. The molecule has 0 radical (unpaired) electrons. The first-order valence-corrected chi connectivity index (χ1v) is 9.24. The van der Waals surface area contributed by atoms with Crippen molar-refractivity contribution in [2.75, 3.05) is 30.0 Å². The van der Waals surface area contributed by atoms with Gasteiger partial charge in [-0.15, -0.1) is 11.3 Å². The average molecular weight is 380 g/mol. The number of amides is 2. The lowest BCUT2D eigenvalue weighted by Gasteiger charge is -2.14. The lowest BCUT2D eigenvalue weighted by Crippen LogP contribution is -2.26. The fourth-order valence-electron chi connectivity index (χ4n) is 2.49. The van der Waals surface area contributed by atoms with Gasteiger partial charge in [0, 0.05) is 23.2 Å². The average Bonchev–Trinajstić information content (AvgIpc) is 3.22. The number of hydrogen-bond acceptors (Lipinski definition) is 5. The third kappa shape index (κ3) is 4.65. The van der Waals surface area contributed by atoms with Crippen LogP contribution < -0.4 is 21.7 Å². The van der Waals surface area contributed by atoms with Crippen LogP contribution in [0.2, 0.25) is 0 Å². The van der Waals surface area contributed by atoms with Gasteiger partial charge >= 0.3 is 0 Å². The zero-order valence-corrected chi connectivity index (χ0v) is 15.6. The summed E-state index contributed by atoms with van der Waals surface area (Å²) in [6.07, 6.45) is 0. The molecule has 6 nitrogen and oxygen atoms in total. The number of nitrogens with one attached hydrogen (secondary N) is 3. The number of nitrogens with two attached hydrogens (primary N) is 1. The van der Waals surface area contributed by atoms with Crippen molar-refractivity contribution >= 4 is 40.2 Å². The highest BCUT2D eigenvalue weighted by atomic mass is 32.1. The minimum absolute atomic E-state index is 0.111. The molecule has 0 fully saturated rings. The van der Waals surface area contributed by atoms with Crippen LogP contribution in [-0.4, -0.2) is 25.4 Å². The van der Waals surface area contributed by atoms with E-state index in [1.807, 2.05) is 35.7 Å². The fraction of sp³-hybridized carbons (Fsp3) is 0.100. The van der Waals surface area contributed by atoms with Crippen LogP contribution in [0.3, 0.4) is 0 Å². The van der Waals surface area contributed by atoms with E-state index in [2.05, 4.69) is 16.0 Å². The van der Waals surface area contributed by atoms with Crippen molar-refractivity contribution < 1.29 is 9.59 Å². The molecule has 0 unspecified atom stereocenters. The highest BCUT2D eigenvalue weighted by Gasteiger charge is 2.12. The Labute approximate surface area is 161 Å². The van der Waals surface area contributed by atoms with Gasteiger partial charge in [0.1, 0.15) is 0 Å². The highest BCUT2D eigenvalue weighted by Crippen LogP contribution is 2.31. The van der Waals surface area contributed by atoms with Gasteiger partial charge in [-0.1, -0.05) is 12.1 Å². The van der Waals surface area contributed by atoms with E-state index in [9.17, 15) is 9.59 Å².